The van der Waals surface area contributed by atoms with E-state index in [1.54, 1.807) is 0 Å². The molecule has 0 aliphatic carbocycles. The highest BCUT2D eigenvalue weighted by atomic mass is 15.1. The molecule has 0 radical (unpaired) electrons. The highest BCUT2D eigenvalue weighted by Crippen LogP contribution is 2.22. The summed E-state index contributed by atoms with van der Waals surface area (Å²) >= 11 is 0. The van der Waals surface area contributed by atoms with Crippen LogP contribution in [0.15, 0.2) is 60.9 Å². The lowest BCUT2D eigenvalue weighted by Gasteiger charge is -2.10. The van der Waals surface area contributed by atoms with E-state index in [2.05, 4.69) is 45.6 Å². The Balaban J connectivity index is 1.94. The second-order valence-corrected chi connectivity index (χ2v) is 4.96. The first kappa shape index (κ1) is 13.1. The molecule has 1 heterocycles. The molecule has 0 amide bonds. The zero-order valence-electron chi connectivity index (χ0n) is 11.8. The predicted octanol–water partition coefficient (Wildman–Crippen LogP) is 4.46. The average molecular weight is 273 g/mol. The van der Waals surface area contributed by atoms with Gasteiger partial charge in [-0.3, -0.25) is 0 Å². The minimum atomic E-state index is 0.649. The van der Waals surface area contributed by atoms with Crippen LogP contribution in [0.5, 0.6) is 0 Å². The van der Waals surface area contributed by atoms with E-state index in [1.807, 2.05) is 36.7 Å². The van der Waals surface area contributed by atoms with Crippen LogP contribution < -0.4 is 0 Å². The van der Waals surface area contributed by atoms with Crippen LogP contribution in [0, 0.1) is 13.5 Å². The minimum Gasteiger partial charge on any atom is -0.327 e. The molecule has 0 fully saturated rings. The lowest BCUT2D eigenvalue weighted by atomic mass is 10.1. The van der Waals surface area contributed by atoms with Crippen LogP contribution in [-0.2, 0) is 6.54 Å². The molecular formula is C18H15N3. The molecule has 0 unspecified atom stereocenters. The van der Waals surface area contributed by atoms with Crippen molar-refractivity contribution in [3.05, 3.63) is 83.5 Å². The molecule has 21 heavy (non-hydrogen) atoms. The summed E-state index contributed by atoms with van der Waals surface area (Å²) in [6.45, 7) is 9.93. The van der Waals surface area contributed by atoms with Gasteiger partial charge in [0.25, 0.3) is 0 Å². The molecule has 0 aliphatic heterocycles. The lowest BCUT2D eigenvalue weighted by Crippen LogP contribution is -2.02. The third kappa shape index (κ3) is 2.70. The van der Waals surface area contributed by atoms with Crippen molar-refractivity contribution in [3.63, 3.8) is 0 Å². The van der Waals surface area contributed by atoms with Gasteiger partial charge in [0.05, 0.1) is 6.57 Å². The van der Waals surface area contributed by atoms with E-state index in [9.17, 15) is 0 Å². The normalized spacial score (nSPS) is 10.3. The topological polar surface area (TPSA) is 22.2 Å². The van der Waals surface area contributed by atoms with E-state index >= 15 is 0 Å². The van der Waals surface area contributed by atoms with Crippen molar-refractivity contribution in [3.8, 4) is 11.4 Å². The van der Waals surface area contributed by atoms with Gasteiger partial charge in [0.2, 0.25) is 0 Å². The summed E-state index contributed by atoms with van der Waals surface area (Å²) in [4.78, 5) is 7.87. The molecule has 3 heteroatoms. The molecule has 0 bridgehead atoms. The first-order chi connectivity index (χ1) is 10.3. The summed E-state index contributed by atoms with van der Waals surface area (Å²) < 4.78 is 2.13. The highest BCUT2D eigenvalue weighted by Gasteiger charge is 2.07. The first-order valence-corrected chi connectivity index (χ1v) is 6.81. The van der Waals surface area contributed by atoms with Crippen LogP contribution in [0.4, 0.5) is 5.69 Å². The minimum absolute atomic E-state index is 0.649. The second-order valence-electron chi connectivity index (χ2n) is 4.96. The molecule has 102 valence electrons. The monoisotopic (exact) mass is 273 g/mol. The summed E-state index contributed by atoms with van der Waals surface area (Å²) in [5, 5.41) is 0. The van der Waals surface area contributed by atoms with Crippen LogP contribution in [-0.4, -0.2) is 9.55 Å². The van der Waals surface area contributed by atoms with E-state index in [1.165, 1.54) is 11.1 Å². The number of nitrogens with zero attached hydrogens (tertiary/aromatic N) is 3. The van der Waals surface area contributed by atoms with Crippen molar-refractivity contribution in [1.29, 1.82) is 0 Å². The quantitative estimate of drug-likeness (QED) is 0.646. The molecule has 1 aromatic heterocycles. The van der Waals surface area contributed by atoms with E-state index in [4.69, 9.17) is 6.57 Å². The largest absolute Gasteiger partial charge is 0.327 e. The number of aromatic nitrogens is 2. The van der Waals surface area contributed by atoms with Crippen molar-refractivity contribution in [1.82, 2.24) is 9.55 Å². The van der Waals surface area contributed by atoms with Crippen LogP contribution >= 0.6 is 0 Å². The summed E-state index contributed by atoms with van der Waals surface area (Å²) in [7, 11) is 0. The molecule has 3 nitrogen and oxygen atoms in total. The number of imidazole rings is 1. The summed E-state index contributed by atoms with van der Waals surface area (Å²) in [6, 6.07) is 15.9. The molecule has 0 saturated heterocycles. The summed E-state index contributed by atoms with van der Waals surface area (Å²) in [5.74, 6) is 0.926. The maximum Gasteiger partial charge on any atom is 0.187 e. The van der Waals surface area contributed by atoms with Crippen LogP contribution in [0.3, 0.4) is 0 Å². The molecule has 0 atom stereocenters. The summed E-state index contributed by atoms with van der Waals surface area (Å²) in [5.41, 5.74) is 4.24. The van der Waals surface area contributed by atoms with Gasteiger partial charge < -0.3 is 4.57 Å². The number of benzene rings is 2. The maximum absolute atomic E-state index is 7.01. The van der Waals surface area contributed by atoms with Gasteiger partial charge in [0.15, 0.2) is 5.69 Å². The molecule has 0 aliphatic rings. The molecule has 0 spiro atoms. The standard InChI is InChI=1S/C18H15N3/c1-14-5-3-4-6-16(14)13-21-12-11-20-18(21)15-7-9-17(19-2)10-8-15/h3-12H,13H2,1H3. The van der Waals surface area contributed by atoms with Gasteiger partial charge in [-0.05, 0) is 18.1 Å². The van der Waals surface area contributed by atoms with E-state index in [-0.39, 0.29) is 0 Å². The van der Waals surface area contributed by atoms with Gasteiger partial charge >= 0.3 is 0 Å². The molecule has 3 rings (SSSR count). The Morgan fingerprint density at radius 2 is 1.86 bits per heavy atom. The third-order valence-corrected chi connectivity index (χ3v) is 3.57. The second kappa shape index (κ2) is 5.64. The van der Waals surface area contributed by atoms with Crippen molar-refractivity contribution in [2.24, 2.45) is 0 Å². The zero-order chi connectivity index (χ0) is 14.7. The fourth-order valence-electron chi connectivity index (χ4n) is 2.35. The fraction of sp³-hybridized carbons (Fsp3) is 0.111. The Hall–Kier alpha value is -2.86. The number of hydrogen-bond acceptors (Lipinski definition) is 1. The van der Waals surface area contributed by atoms with Gasteiger partial charge in [-0.1, -0.05) is 48.5 Å². The Kier molecular flexibility index (Phi) is 3.53. The highest BCUT2D eigenvalue weighted by molar-refractivity contribution is 5.60. The van der Waals surface area contributed by atoms with Crippen LogP contribution in [0.1, 0.15) is 11.1 Å². The average Bonchev–Trinajstić information content (AvgIpc) is 2.98. The van der Waals surface area contributed by atoms with Gasteiger partial charge in [-0.15, -0.1) is 0 Å². The van der Waals surface area contributed by atoms with E-state index in [0.29, 0.717) is 5.69 Å². The SMILES string of the molecule is [C-]#[N+]c1ccc(-c2nccn2Cc2ccccc2C)cc1. The molecule has 2 aromatic carbocycles. The Morgan fingerprint density at radius 1 is 1.10 bits per heavy atom. The van der Waals surface area contributed by atoms with Crippen molar-refractivity contribution >= 4 is 5.69 Å². The molecular weight excluding hydrogens is 258 g/mol. The van der Waals surface area contributed by atoms with Gasteiger partial charge in [0, 0.05) is 24.5 Å². The van der Waals surface area contributed by atoms with Crippen molar-refractivity contribution < 1.29 is 0 Å². The first-order valence-electron chi connectivity index (χ1n) is 6.81. The predicted molar refractivity (Wildman–Crippen MR) is 84.2 cm³/mol. The molecule has 0 saturated carbocycles. The number of hydrogen-bond donors (Lipinski definition) is 0. The Labute approximate surface area is 124 Å². The van der Waals surface area contributed by atoms with Crippen LogP contribution in [0.25, 0.3) is 16.2 Å². The summed E-state index contributed by atoms with van der Waals surface area (Å²) in [6.07, 6.45) is 3.81. The fourth-order valence-corrected chi connectivity index (χ4v) is 2.35. The van der Waals surface area contributed by atoms with E-state index in [0.717, 1.165) is 17.9 Å². The maximum atomic E-state index is 7.01. The number of aryl methyl sites for hydroxylation is 1. The van der Waals surface area contributed by atoms with Crippen molar-refractivity contribution in [2.45, 2.75) is 13.5 Å². The third-order valence-electron chi connectivity index (χ3n) is 3.57. The van der Waals surface area contributed by atoms with Gasteiger partial charge in [-0.25, -0.2) is 9.83 Å². The lowest BCUT2D eigenvalue weighted by molar-refractivity contribution is 0.802. The Bertz CT molecular complexity index is 792. The van der Waals surface area contributed by atoms with E-state index < -0.39 is 0 Å². The Morgan fingerprint density at radius 3 is 2.57 bits per heavy atom. The van der Waals surface area contributed by atoms with Crippen molar-refractivity contribution in [2.75, 3.05) is 0 Å². The van der Waals surface area contributed by atoms with Crippen LogP contribution in [0.2, 0.25) is 0 Å². The van der Waals surface area contributed by atoms with Gasteiger partial charge in [-0.2, -0.15) is 0 Å². The molecule has 3 aromatic rings. The van der Waals surface area contributed by atoms with Gasteiger partial charge in [0.1, 0.15) is 5.82 Å². The zero-order valence-corrected chi connectivity index (χ0v) is 11.8. The smallest absolute Gasteiger partial charge is 0.187 e. The number of rotatable bonds is 3. The molecule has 0 N–H and O–H groups in total.